The highest BCUT2D eigenvalue weighted by Gasteiger charge is 2.11. The minimum Gasteiger partial charge on any atom is -0.495 e. The van der Waals surface area contributed by atoms with Crippen LogP contribution in [0.4, 0.5) is 5.69 Å². The predicted octanol–water partition coefficient (Wildman–Crippen LogP) is 5.06. The maximum Gasteiger partial charge on any atom is 0.140 e. The number of hydrogen-bond donors (Lipinski definition) is 2. The van der Waals surface area contributed by atoms with Crippen molar-refractivity contribution in [2.24, 2.45) is 0 Å². The molecule has 2 N–H and O–H groups in total. The third-order valence-corrected chi connectivity index (χ3v) is 4.25. The van der Waals surface area contributed by atoms with E-state index in [0.717, 1.165) is 42.6 Å². The van der Waals surface area contributed by atoms with Gasteiger partial charge in [-0.1, -0.05) is 31.4 Å². The molecule has 134 valence electrons. The molecule has 0 saturated heterocycles. The van der Waals surface area contributed by atoms with Crippen molar-refractivity contribution in [1.82, 2.24) is 10.3 Å². The normalized spacial score (nSPS) is 10.5. The molecule has 0 aliphatic carbocycles. The molecule has 0 atom stereocenters. The minimum atomic E-state index is 0. The Hall–Kier alpha value is -1.04. The molecule has 24 heavy (non-hydrogen) atoms. The molecule has 0 unspecified atom stereocenters. The van der Waals surface area contributed by atoms with E-state index in [-0.39, 0.29) is 17.0 Å². The van der Waals surface area contributed by atoms with E-state index in [1.54, 1.807) is 13.3 Å². The highest BCUT2D eigenvalue weighted by molar-refractivity contribution is 8.93. The predicted molar refractivity (Wildman–Crippen MR) is 109 cm³/mol. The van der Waals surface area contributed by atoms with Crippen LogP contribution < -0.4 is 15.4 Å². The lowest BCUT2D eigenvalue weighted by Gasteiger charge is -2.13. The number of rotatable bonds is 10. The van der Waals surface area contributed by atoms with Crippen molar-refractivity contribution in [3.8, 4) is 5.75 Å². The van der Waals surface area contributed by atoms with E-state index in [9.17, 15) is 0 Å². The maximum atomic E-state index is 6.36. The summed E-state index contributed by atoms with van der Waals surface area (Å²) < 4.78 is 5.37. The number of hydrogen-bond acceptors (Lipinski definition) is 4. The molecule has 0 aliphatic heterocycles. The van der Waals surface area contributed by atoms with E-state index < -0.39 is 0 Å². The standard InChI is InChI=1S/C18H26ClN3O.BrH/c1-3-20-10-6-4-5-7-11-21-15-13-16(23-2)17(19)14-9-8-12-22-18(14)15;/h8-9,12-13,20-21H,3-7,10-11H2,1-2H3;1H. The second-order valence-corrected chi connectivity index (χ2v) is 5.91. The summed E-state index contributed by atoms with van der Waals surface area (Å²) in [6, 6.07) is 5.80. The molecular weight excluding hydrogens is 390 g/mol. The number of ether oxygens (including phenoxy) is 1. The molecule has 0 spiro atoms. The van der Waals surface area contributed by atoms with Crippen LogP contribution in [0.2, 0.25) is 5.02 Å². The molecule has 6 heteroatoms. The van der Waals surface area contributed by atoms with Crippen LogP contribution in [-0.4, -0.2) is 31.7 Å². The zero-order valence-corrected chi connectivity index (χ0v) is 16.9. The Kier molecular flexibility index (Phi) is 10.1. The van der Waals surface area contributed by atoms with Gasteiger partial charge in [-0.25, -0.2) is 0 Å². The van der Waals surface area contributed by atoms with Crippen molar-refractivity contribution < 1.29 is 4.74 Å². The summed E-state index contributed by atoms with van der Waals surface area (Å²) in [5.41, 5.74) is 1.87. The first-order valence-corrected chi connectivity index (χ1v) is 8.71. The van der Waals surface area contributed by atoms with Crippen LogP contribution in [0.3, 0.4) is 0 Å². The molecule has 0 bridgehead atoms. The molecular formula is C18H27BrClN3O. The van der Waals surface area contributed by atoms with Gasteiger partial charge in [-0.3, -0.25) is 4.98 Å². The zero-order chi connectivity index (χ0) is 16.5. The highest BCUT2D eigenvalue weighted by atomic mass is 79.9. The van der Waals surface area contributed by atoms with Crippen LogP contribution in [0.15, 0.2) is 24.4 Å². The lowest BCUT2D eigenvalue weighted by molar-refractivity contribution is 0.416. The van der Waals surface area contributed by atoms with Crippen molar-refractivity contribution in [3.05, 3.63) is 29.4 Å². The van der Waals surface area contributed by atoms with Gasteiger partial charge < -0.3 is 15.4 Å². The number of pyridine rings is 1. The summed E-state index contributed by atoms with van der Waals surface area (Å²) in [4.78, 5) is 4.46. The largest absolute Gasteiger partial charge is 0.495 e. The number of aromatic nitrogens is 1. The van der Waals surface area contributed by atoms with Gasteiger partial charge in [0, 0.05) is 24.2 Å². The SMILES string of the molecule is Br.CCNCCCCCCNc1cc(OC)c(Cl)c2cccnc12. The number of nitrogens with zero attached hydrogens (tertiary/aromatic N) is 1. The average molecular weight is 417 g/mol. The second kappa shape index (κ2) is 11.5. The molecule has 0 radical (unpaired) electrons. The van der Waals surface area contributed by atoms with Crippen molar-refractivity contribution in [1.29, 1.82) is 0 Å². The minimum absolute atomic E-state index is 0. The van der Waals surface area contributed by atoms with Gasteiger partial charge in [0.05, 0.1) is 23.3 Å². The van der Waals surface area contributed by atoms with E-state index in [1.807, 2.05) is 18.2 Å². The molecule has 2 rings (SSSR count). The maximum absolute atomic E-state index is 6.36. The Labute approximate surface area is 160 Å². The van der Waals surface area contributed by atoms with Crippen LogP contribution in [0.25, 0.3) is 10.9 Å². The van der Waals surface area contributed by atoms with Gasteiger partial charge in [0.25, 0.3) is 0 Å². The third-order valence-electron chi connectivity index (χ3n) is 3.86. The number of halogens is 2. The van der Waals surface area contributed by atoms with Gasteiger partial charge >= 0.3 is 0 Å². The number of fused-ring (bicyclic) bond motifs is 1. The van der Waals surface area contributed by atoms with Crippen LogP contribution >= 0.6 is 28.6 Å². The fourth-order valence-corrected chi connectivity index (χ4v) is 2.89. The van der Waals surface area contributed by atoms with Crippen LogP contribution in [0.5, 0.6) is 5.75 Å². The Morgan fingerprint density at radius 3 is 2.62 bits per heavy atom. The molecule has 4 nitrogen and oxygen atoms in total. The van der Waals surface area contributed by atoms with E-state index in [4.69, 9.17) is 16.3 Å². The topological polar surface area (TPSA) is 46.2 Å². The molecule has 1 heterocycles. The summed E-state index contributed by atoms with van der Waals surface area (Å²) in [7, 11) is 1.64. The van der Waals surface area contributed by atoms with Gasteiger partial charge in [0.2, 0.25) is 0 Å². The fraction of sp³-hybridized carbons (Fsp3) is 0.500. The highest BCUT2D eigenvalue weighted by Crippen LogP contribution is 2.36. The zero-order valence-electron chi connectivity index (χ0n) is 14.4. The number of benzene rings is 1. The molecule has 0 aliphatic rings. The first-order chi connectivity index (χ1) is 11.3. The van der Waals surface area contributed by atoms with Crippen molar-refractivity contribution in [2.45, 2.75) is 32.6 Å². The molecule has 1 aromatic carbocycles. The number of nitrogens with one attached hydrogen (secondary N) is 2. The van der Waals surface area contributed by atoms with Crippen molar-refractivity contribution >= 4 is 45.2 Å². The average Bonchev–Trinajstić information content (AvgIpc) is 2.59. The number of methoxy groups -OCH3 is 1. The third kappa shape index (κ3) is 5.80. The Morgan fingerprint density at radius 2 is 1.92 bits per heavy atom. The Morgan fingerprint density at radius 1 is 1.17 bits per heavy atom. The van der Waals surface area contributed by atoms with Crippen molar-refractivity contribution in [2.75, 3.05) is 32.1 Å². The fourth-order valence-electron chi connectivity index (χ4n) is 2.60. The monoisotopic (exact) mass is 415 g/mol. The summed E-state index contributed by atoms with van der Waals surface area (Å²) >= 11 is 6.36. The van der Waals surface area contributed by atoms with Gasteiger partial charge in [-0.05, 0) is 38.1 Å². The summed E-state index contributed by atoms with van der Waals surface area (Å²) in [5, 5.41) is 8.36. The Bertz CT molecular complexity index is 624. The molecule has 0 saturated carbocycles. The van der Waals surface area contributed by atoms with Gasteiger partial charge in [0.1, 0.15) is 5.75 Å². The van der Waals surface area contributed by atoms with Gasteiger partial charge in [-0.2, -0.15) is 0 Å². The lowest BCUT2D eigenvalue weighted by atomic mass is 10.1. The first-order valence-electron chi connectivity index (χ1n) is 8.33. The number of unbranched alkanes of at least 4 members (excludes halogenated alkanes) is 3. The van der Waals surface area contributed by atoms with Gasteiger partial charge in [0.15, 0.2) is 0 Å². The molecule has 2 aromatic rings. The molecule has 1 aromatic heterocycles. The van der Waals surface area contributed by atoms with Gasteiger partial charge in [-0.15, -0.1) is 17.0 Å². The van der Waals surface area contributed by atoms with Crippen LogP contribution in [-0.2, 0) is 0 Å². The lowest BCUT2D eigenvalue weighted by Crippen LogP contribution is -2.13. The van der Waals surface area contributed by atoms with Crippen LogP contribution in [0.1, 0.15) is 32.6 Å². The Balaban J connectivity index is 0.00000288. The molecule has 0 fully saturated rings. The summed E-state index contributed by atoms with van der Waals surface area (Å²) in [6.45, 7) is 5.24. The van der Waals surface area contributed by atoms with Crippen LogP contribution in [0, 0.1) is 0 Å². The quantitative estimate of drug-likeness (QED) is 0.532. The summed E-state index contributed by atoms with van der Waals surface area (Å²) in [6.07, 6.45) is 6.67. The van der Waals surface area contributed by atoms with E-state index in [1.165, 1.54) is 19.3 Å². The van der Waals surface area contributed by atoms with E-state index >= 15 is 0 Å². The van der Waals surface area contributed by atoms with E-state index in [0.29, 0.717) is 10.8 Å². The second-order valence-electron chi connectivity index (χ2n) is 5.53. The molecule has 0 amide bonds. The van der Waals surface area contributed by atoms with E-state index in [2.05, 4.69) is 22.5 Å². The first kappa shape index (κ1) is 21.0. The summed E-state index contributed by atoms with van der Waals surface area (Å²) in [5.74, 6) is 0.681. The van der Waals surface area contributed by atoms with Crippen molar-refractivity contribution in [3.63, 3.8) is 0 Å². The smallest absolute Gasteiger partial charge is 0.140 e. The number of anilines is 1.